The third kappa shape index (κ3) is 7.07. The van der Waals surface area contributed by atoms with E-state index in [2.05, 4.69) is 10.0 Å². The maximum atomic E-state index is 13.2. The number of carbonyl (C=O) groups excluding carboxylic acids is 1. The second-order valence-corrected chi connectivity index (χ2v) is 10.8. The molecule has 0 saturated carbocycles. The number of carboxylic acid groups (broad SMARTS) is 1. The molecule has 0 bridgehead atoms. The molecule has 1 amide bonds. The predicted molar refractivity (Wildman–Crippen MR) is 134 cm³/mol. The van der Waals surface area contributed by atoms with Gasteiger partial charge in [-0.1, -0.05) is 30.3 Å². The minimum absolute atomic E-state index is 0.0680. The van der Waals surface area contributed by atoms with E-state index in [0.717, 1.165) is 0 Å². The number of benzene rings is 3. The molecule has 3 aromatic rings. The molecule has 3 aromatic carbocycles. The van der Waals surface area contributed by atoms with Crippen LogP contribution in [0, 0.1) is 6.92 Å². The number of carboxylic acids is 1. The van der Waals surface area contributed by atoms with Gasteiger partial charge in [-0.05, 0) is 75.2 Å². The van der Waals surface area contributed by atoms with Crippen LogP contribution in [0.3, 0.4) is 0 Å². The first-order valence-corrected chi connectivity index (χ1v) is 12.4. The van der Waals surface area contributed by atoms with Gasteiger partial charge >= 0.3 is 5.97 Å². The average Bonchev–Trinajstić information content (AvgIpc) is 2.73. The van der Waals surface area contributed by atoms with Gasteiger partial charge in [0.1, 0.15) is 5.75 Å². The molecule has 0 aliphatic heterocycles. The van der Waals surface area contributed by atoms with E-state index < -0.39 is 21.5 Å². The maximum absolute atomic E-state index is 13.2. The fraction of sp³-hybridized carbons (Fsp3) is 0.231. The van der Waals surface area contributed by atoms with Crippen LogP contribution in [0.4, 0.5) is 5.69 Å². The molecule has 0 atom stereocenters. The summed E-state index contributed by atoms with van der Waals surface area (Å²) in [7, 11) is -4.00. The molecule has 0 spiro atoms. The number of anilines is 1. The normalized spacial score (nSPS) is 11.5. The molecule has 3 N–H and O–H groups in total. The number of rotatable bonds is 8. The summed E-state index contributed by atoms with van der Waals surface area (Å²) in [6, 6.07) is 17.5. The van der Waals surface area contributed by atoms with Crippen molar-refractivity contribution in [1.29, 1.82) is 0 Å². The van der Waals surface area contributed by atoms with Crippen LogP contribution in [0.15, 0.2) is 71.6 Å². The summed E-state index contributed by atoms with van der Waals surface area (Å²) in [5.74, 6) is -0.874. The van der Waals surface area contributed by atoms with Gasteiger partial charge in [-0.3, -0.25) is 14.3 Å². The van der Waals surface area contributed by atoms with Crippen LogP contribution in [-0.4, -0.2) is 30.9 Å². The van der Waals surface area contributed by atoms with Crippen LogP contribution in [0.1, 0.15) is 42.3 Å². The SMILES string of the molecule is Cc1ccccc1S(=O)(=O)Nc1cc(C(=O)NC(C)(C)C)ccc1Oc1cccc(CC(=O)O)c1. The van der Waals surface area contributed by atoms with Crippen LogP contribution in [0.5, 0.6) is 11.5 Å². The molecule has 0 unspecified atom stereocenters. The molecule has 0 aliphatic rings. The van der Waals surface area contributed by atoms with Gasteiger partial charge in [-0.15, -0.1) is 0 Å². The Labute approximate surface area is 205 Å². The van der Waals surface area contributed by atoms with E-state index in [-0.39, 0.29) is 34.2 Å². The van der Waals surface area contributed by atoms with E-state index in [4.69, 9.17) is 9.84 Å². The van der Waals surface area contributed by atoms with Crippen LogP contribution < -0.4 is 14.8 Å². The van der Waals surface area contributed by atoms with Crippen molar-refractivity contribution in [3.8, 4) is 11.5 Å². The Kier molecular flexibility index (Phi) is 7.50. The van der Waals surface area contributed by atoms with E-state index in [1.807, 2.05) is 20.8 Å². The second kappa shape index (κ2) is 10.2. The van der Waals surface area contributed by atoms with Gasteiger partial charge in [-0.2, -0.15) is 0 Å². The van der Waals surface area contributed by atoms with Crippen molar-refractivity contribution >= 4 is 27.6 Å². The largest absolute Gasteiger partial charge is 0.481 e. The van der Waals surface area contributed by atoms with Crippen LogP contribution in [-0.2, 0) is 21.2 Å². The number of ether oxygens (including phenoxy) is 1. The lowest BCUT2D eigenvalue weighted by atomic mass is 10.1. The van der Waals surface area contributed by atoms with Crippen molar-refractivity contribution in [3.63, 3.8) is 0 Å². The third-order valence-electron chi connectivity index (χ3n) is 4.84. The fourth-order valence-electron chi connectivity index (χ4n) is 3.33. The molecule has 0 radical (unpaired) electrons. The molecule has 0 saturated heterocycles. The number of hydrogen-bond acceptors (Lipinski definition) is 5. The van der Waals surface area contributed by atoms with Gasteiger partial charge in [0.05, 0.1) is 17.0 Å². The zero-order valence-electron chi connectivity index (χ0n) is 20.0. The Bertz CT molecular complexity index is 1360. The average molecular weight is 497 g/mol. The Hall–Kier alpha value is -3.85. The van der Waals surface area contributed by atoms with E-state index in [1.54, 1.807) is 49.4 Å². The number of aryl methyl sites for hydroxylation is 1. The smallest absolute Gasteiger partial charge is 0.307 e. The van der Waals surface area contributed by atoms with E-state index in [1.165, 1.54) is 24.3 Å². The number of aliphatic carboxylic acids is 1. The molecule has 0 aliphatic carbocycles. The van der Waals surface area contributed by atoms with E-state index >= 15 is 0 Å². The van der Waals surface area contributed by atoms with Crippen molar-refractivity contribution in [1.82, 2.24) is 5.32 Å². The van der Waals surface area contributed by atoms with Crippen molar-refractivity contribution < 1.29 is 27.9 Å². The molecular formula is C26H28N2O6S. The number of amides is 1. The van der Waals surface area contributed by atoms with Gasteiger partial charge in [0.25, 0.3) is 15.9 Å². The second-order valence-electron chi connectivity index (χ2n) is 9.11. The summed E-state index contributed by atoms with van der Waals surface area (Å²) in [5, 5.41) is 11.9. The molecule has 0 aromatic heterocycles. The van der Waals surface area contributed by atoms with Crippen molar-refractivity contribution in [2.75, 3.05) is 4.72 Å². The number of hydrogen-bond donors (Lipinski definition) is 3. The number of carbonyl (C=O) groups is 2. The van der Waals surface area contributed by atoms with Gasteiger partial charge in [-0.25, -0.2) is 8.42 Å². The summed E-state index contributed by atoms with van der Waals surface area (Å²) in [4.78, 5) is 23.9. The highest BCUT2D eigenvalue weighted by Gasteiger charge is 2.22. The lowest BCUT2D eigenvalue weighted by Crippen LogP contribution is -2.40. The van der Waals surface area contributed by atoms with E-state index in [9.17, 15) is 18.0 Å². The van der Waals surface area contributed by atoms with Crippen LogP contribution in [0.2, 0.25) is 0 Å². The highest BCUT2D eigenvalue weighted by molar-refractivity contribution is 7.92. The molecule has 8 nitrogen and oxygen atoms in total. The van der Waals surface area contributed by atoms with Crippen molar-refractivity contribution in [2.24, 2.45) is 0 Å². The lowest BCUT2D eigenvalue weighted by Gasteiger charge is -2.21. The van der Waals surface area contributed by atoms with Gasteiger partial charge in [0.15, 0.2) is 5.75 Å². The Morgan fingerprint density at radius 3 is 2.34 bits per heavy atom. The third-order valence-corrected chi connectivity index (χ3v) is 6.37. The first-order chi connectivity index (χ1) is 16.3. The van der Waals surface area contributed by atoms with Gasteiger partial charge < -0.3 is 15.2 Å². The topological polar surface area (TPSA) is 122 Å². The minimum atomic E-state index is -4.00. The quantitative estimate of drug-likeness (QED) is 0.414. The zero-order chi connectivity index (χ0) is 25.8. The summed E-state index contributed by atoms with van der Waals surface area (Å²) in [6.45, 7) is 7.21. The Balaban J connectivity index is 2.02. The highest BCUT2D eigenvalue weighted by Crippen LogP contribution is 2.33. The predicted octanol–water partition coefficient (Wildman–Crippen LogP) is 4.74. The molecule has 9 heteroatoms. The van der Waals surface area contributed by atoms with Gasteiger partial charge in [0, 0.05) is 11.1 Å². The summed E-state index contributed by atoms with van der Waals surface area (Å²) >= 11 is 0. The molecular weight excluding hydrogens is 468 g/mol. The highest BCUT2D eigenvalue weighted by atomic mass is 32.2. The standard InChI is InChI=1S/C26H28N2O6S/c1-17-8-5-6-11-23(17)35(32,33)28-21-16-19(25(31)27-26(2,3)4)12-13-22(21)34-20-10-7-9-18(14-20)15-24(29)30/h5-14,16,28H,15H2,1-4H3,(H,27,31)(H,29,30). The van der Waals surface area contributed by atoms with E-state index in [0.29, 0.717) is 16.9 Å². The van der Waals surface area contributed by atoms with Crippen LogP contribution >= 0.6 is 0 Å². The number of nitrogens with one attached hydrogen (secondary N) is 2. The Morgan fingerprint density at radius 1 is 0.971 bits per heavy atom. The maximum Gasteiger partial charge on any atom is 0.307 e. The fourth-order valence-corrected chi connectivity index (χ4v) is 4.64. The molecule has 0 fully saturated rings. The molecule has 184 valence electrons. The monoisotopic (exact) mass is 496 g/mol. The summed E-state index contributed by atoms with van der Waals surface area (Å²) in [5.41, 5.74) is 0.911. The molecule has 35 heavy (non-hydrogen) atoms. The summed E-state index contributed by atoms with van der Waals surface area (Å²) < 4.78 is 34.8. The summed E-state index contributed by atoms with van der Waals surface area (Å²) in [6.07, 6.45) is -0.185. The minimum Gasteiger partial charge on any atom is -0.481 e. The van der Waals surface area contributed by atoms with Gasteiger partial charge in [0.2, 0.25) is 0 Å². The first-order valence-electron chi connectivity index (χ1n) is 10.9. The lowest BCUT2D eigenvalue weighted by molar-refractivity contribution is -0.136. The first kappa shape index (κ1) is 25.8. The number of sulfonamides is 1. The van der Waals surface area contributed by atoms with Crippen LogP contribution in [0.25, 0.3) is 0 Å². The zero-order valence-corrected chi connectivity index (χ0v) is 20.8. The molecule has 0 heterocycles. The van der Waals surface area contributed by atoms with Crippen molar-refractivity contribution in [2.45, 2.75) is 44.6 Å². The van der Waals surface area contributed by atoms with Crippen molar-refractivity contribution in [3.05, 3.63) is 83.4 Å². The molecule has 3 rings (SSSR count). The Morgan fingerprint density at radius 2 is 1.69 bits per heavy atom.